The standard InChI is InChI=1S/C18H16N4O2/c1-21-16-15(17(23)22(2)18(21)24)20-14(12-19-16)11-7-6-10-13-8-4-3-5-9-13/h3-12H,1-2H3/b10-6+,11-7+. The van der Waals surface area contributed by atoms with Gasteiger partial charge in [0.15, 0.2) is 11.2 Å². The molecule has 0 saturated carbocycles. The highest BCUT2D eigenvalue weighted by molar-refractivity contribution is 5.70. The van der Waals surface area contributed by atoms with E-state index in [9.17, 15) is 9.59 Å². The van der Waals surface area contributed by atoms with Gasteiger partial charge in [-0.1, -0.05) is 48.6 Å². The number of nitrogens with zero attached hydrogens (tertiary/aromatic N) is 4. The van der Waals surface area contributed by atoms with Crippen LogP contribution in [0.5, 0.6) is 0 Å². The summed E-state index contributed by atoms with van der Waals surface area (Å²) in [5.41, 5.74) is 1.23. The maximum atomic E-state index is 12.2. The Morgan fingerprint density at radius 1 is 0.958 bits per heavy atom. The van der Waals surface area contributed by atoms with Gasteiger partial charge >= 0.3 is 5.69 Å². The summed E-state index contributed by atoms with van der Waals surface area (Å²) in [6, 6.07) is 9.91. The molecular formula is C18H16N4O2. The third-order valence-electron chi connectivity index (χ3n) is 3.64. The van der Waals surface area contributed by atoms with Crippen molar-refractivity contribution >= 4 is 23.3 Å². The number of allylic oxidation sites excluding steroid dienone is 2. The molecule has 0 N–H and O–H groups in total. The summed E-state index contributed by atoms with van der Waals surface area (Å²) in [6.45, 7) is 0. The Balaban J connectivity index is 1.94. The number of rotatable bonds is 3. The molecule has 0 radical (unpaired) electrons. The van der Waals surface area contributed by atoms with Gasteiger partial charge in [0.25, 0.3) is 5.56 Å². The predicted octanol–water partition coefficient (Wildman–Crippen LogP) is 1.75. The van der Waals surface area contributed by atoms with Crippen LogP contribution in [0.1, 0.15) is 11.3 Å². The number of fused-ring (bicyclic) bond motifs is 1. The zero-order valence-electron chi connectivity index (χ0n) is 13.4. The number of hydrogen-bond donors (Lipinski definition) is 0. The van der Waals surface area contributed by atoms with E-state index >= 15 is 0 Å². The topological polar surface area (TPSA) is 69.8 Å². The molecular weight excluding hydrogens is 304 g/mol. The van der Waals surface area contributed by atoms with Gasteiger partial charge in [-0.25, -0.2) is 14.8 Å². The third kappa shape index (κ3) is 2.94. The zero-order valence-corrected chi connectivity index (χ0v) is 13.4. The first-order chi connectivity index (χ1) is 11.6. The Hall–Kier alpha value is -3.28. The van der Waals surface area contributed by atoms with Crippen molar-refractivity contribution in [2.45, 2.75) is 0 Å². The minimum atomic E-state index is -0.448. The van der Waals surface area contributed by atoms with Crippen LogP contribution in [-0.2, 0) is 14.1 Å². The molecule has 0 atom stereocenters. The van der Waals surface area contributed by atoms with Crippen LogP contribution in [0, 0.1) is 0 Å². The summed E-state index contributed by atoms with van der Waals surface area (Å²) >= 11 is 0. The Bertz CT molecular complexity index is 1060. The summed E-state index contributed by atoms with van der Waals surface area (Å²) in [6.07, 6.45) is 8.98. The van der Waals surface area contributed by atoms with E-state index in [2.05, 4.69) is 9.97 Å². The number of hydrogen-bond acceptors (Lipinski definition) is 4. The van der Waals surface area contributed by atoms with Gasteiger partial charge < -0.3 is 0 Å². The molecule has 0 fully saturated rings. The second-order valence-electron chi connectivity index (χ2n) is 5.30. The molecule has 3 rings (SSSR count). The fraction of sp³-hybridized carbons (Fsp3) is 0.111. The summed E-state index contributed by atoms with van der Waals surface area (Å²) < 4.78 is 2.34. The molecule has 0 bridgehead atoms. The van der Waals surface area contributed by atoms with Crippen molar-refractivity contribution in [3.63, 3.8) is 0 Å². The molecule has 0 aliphatic heterocycles. The summed E-state index contributed by atoms with van der Waals surface area (Å²) in [5.74, 6) is 0. The lowest BCUT2D eigenvalue weighted by Crippen LogP contribution is -2.37. The lowest BCUT2D eigenvalue weighted by atomic mass is 10.2. The Morgan fingerprint density at radius 3 is 2.42 bits per heavy atom. The molecule has 0 spiro atoms. The Kier molecular flexibility index (Phi) is 4.20. The van der Waals surface area contributed by atoms with Gasteiger partial charge in [0.1, 0.15) is 0 Å². The van der Waals surface area contributed by atoms with Gasteiger partial charge in [0, 0.05) is 14.1 Å². The third-order valence-corrected chi connectivity index (χ3v) is 3.64. The van der Waals surface area contributed by atoms with E-state index in [1.807, 2.05) is 48.6 Å². The van der Waals surface area contributed by atoms with Crippen molar-refractivity contribution in [1.29, 1.82) is 0 Å². The van der Waals surface area contributed by atoms with E-state index in [4.69, 9.17) is 0 Å². The van der Waals surface area contributed by atoms with Crippen molar-refractivity contribution < 1.29 is 0 Å². The fourth-order valence-electron chi connectivity index (χ4n) is 2.31. The van der Waals surface area contributed by atoms with Crippen LogP contribution < -0.4 is 11.2 Å². The van der Waals surface area contributed by atoms with Crippen molar-refractivity contribution in [2.75, 3.05) is 0 Å². The van der Waals surface area contributed by atoms with E-state index < -0.39 is 11.2 Å². The lowest BCUT2D eigenvalue weighted by Gasteiger charge is -2.05. The molecule has 0 amide bonds. The first-order valence-electron chi connectivity index (χ1n) is 7.40. The predicted molar refractivity (Wildman–Crippen MR) is 94.5 cm³/mol. The van der Waals surface area contributed by atoms with Crippen LogP contribution in [0.4, 0.5) is 0 Å². The molecule has 2 aromatic heterocycles. The normalized spacial score (nSPS) is 11.8. The van der Waals surface area contributed by atoms with Crippen LogP contribution in [0.25, 0.3) is 23.3 Å². The van der Waals surface area contributed by atoms with E-state index in [-0.39, 0.29) is 11.2 Å². The molecule has 6 nitrogen and oxygen atoms in total. The highest BCUT2D eigenvalue weighted by atomic mass is 16.2. The van der Waals surface area contributed by atoms with E-state index in [0.717, 1.165) is 10.1 Å². The smallest absolute Gasteiger partial charge is 0.279 e. The van der Waals surface area contributed by atoms with Crippen LogP contribution in [-0.4, -0.2) is 19.1 Å². The molecule has 0 unspecified atom stereocenters. The van der Waals surface area contributed by atoms with E-state index in [1.165, 1.54) is 17.8 Å². The van der Waals surface area contributed by atoms with Gasteiger partial charge in [-0.3, -0.25) is 13.9 Å². The molecule has 3 aromatic rings. The van der Waals surface area contributed by atoms with Crippen LogP contribution >= 0.6 is 0 Å². The average molecular weight is 320 g/mol. The monoisotopic (exact) mass is 320 g/mol. The van der Waals surface area contributed by atoms with E-state index in [0.29, 0.717) is 5.69 Å². The lowest BCUT2D eigenvalue weighted by molar-refractivity contribution is 0.704. The van der Waals surface area contributed by atoms with Crippen LogP contribution in [0.3, 0.4) is 0 Å². The summed E-state index contributed by atoms with van der Waals surface area (Å²) in [5, 5.41) is 0. The Morgan fingerprint density at radius 2 is 1.67 bits per heavy atom. The number of aryl methyl sites for hydroxylation is 1. The van der Waals surface area contributed by atoms with Gasteiger partial charge in [0.05, 0.1) is 11.9 Å². The molecule has 0 aliphatic carbocycles. The van der Waals surface area contributed by atoms with Gasteiger partial charge in [-0.15, -0.1) is 0 Å². The Labute approximate surface area is 138 Å². The van der Waals surface area contributed by atoms with Gasteiger partial charge in [-0.2, -0.15) is 0 Å². The molecule has 0 aliphatic rings. The number of aromatic nitrogens is 4. The first-order valence-corrected chi connectivity index (χ1v) is 7.40. The van der Waals surface area contributed by atoms with Crippen LogP contribution in [0.2, 0.25) is 0 Å². The minimum Gasteiger partial charge on any atom is -0.279 e. The average Bonchev–Trinajstić information content (AvgIpc) is 2.62. The molecule has 120 valence electrons. The highest BCUT2D eigenvalue weighted by Crippen LogP contribution is 2.05. The molecule has 2 heterocycles. The molecule has 24 heavy (non-hydrogen) atoms. The minimum absolute atomic E-state index is 0.175. The summed E-state index contributed by atoms with van der Waals surface area (Å²) in [4.78, 5) is 32.5. The molecule has 0 saturated heterocycles. The van der Waals surface area contributed by atoms with E-state index in [1.54, 1.807) is 13.1 Å². The SMILES string of the molecule is Cn1c(=O)c2nc(/C=C/C=C/c3ccccc3)cnc2n(C)c1=O. The van der Waals surface area contributed by atoms with Crippen molar-refractivity contribution in [2.24, 2.45) is 14.1 Å². The first kappa shape index (κ1) is 15.6. The second-order valence-corrected chi connectivity index (χ2v) is 5.30. The van der Waals surface area contributed by atoms with Crippen molar-refractivity contribution in [1.82, 2.24) is 19.1 Å². The molecule has 6 heteroatoms. The quantitative estimate of drug-likeness (QED) is 0.690. The fourth-order valence-corrected chi connectivity index (χ4v) is 2.31. The highest BCUT2D eigenvalue weighted by Gasteiger charge is 2.10. The maximum absolute atomic E-state index is 12.2. The van der Waals surface area contributed by atoms with Gasteiger partial charge in [0.2, 0.25) is 0 Å². The summed E-state index contributed by atoms with van der Waals surface area (Å²) in [7, 11) is 2.99. The number of benzene rings is 1. The van der Waals surface area contributed by atoms with Crippen molar-refractivity contribution in [3.8, 4) is 0 Å². The second kappa shape index (κ2) is 6.45. The molecule has 1 aromatic carbocycles. The van der Waals surface area contributed by atoms with Crippen molar-refractivity contribution in [3.05, 3.63) is 80.8 Å². The maximum Gasteiger partial charge on any atom is 0.332 e. The van der Waals surface area contributed by atoms with Gasteiger partial charge in [-0.05, 0) is 11.6 Å². The zero-order chi connectivity index (χ0) is 17.1. The largest absolute Gasteiger partial charge is 0.332 e. The van der Waals surface area contributed by atoms with Crippen LogP contribution in [0.15, 0.2) is 58.3 Å².